The van der Waals surface area contributed by atoms with Crippen molar-refractivity contribution in [2.45, 2.75) is 20.0 Å². The molecule has 162 valence electrons. The van der Waals surface area contributed by atoms with Crippen LogP contribution in [-0.4, -0.2) is 79.1 Å². The number of benzene rings is 1. The Morgan fingerprint density at radius 1 is 1.30 bits per heavy atom. The van der Waals surface area contributed by atoms with E-state index in [-0.39, 0.29) is 17.8 Å². The van der Waals surface area contributed by atoms with Gasteiger partial charge in [0.05, 0.1) is 18.8 Å². The van der Waals surface area contributed by atoms with Gasteiger partial charge in [-0.25, -0.2) is 14.4 Å². The molecule has 1 amide bonds. The molecule has 30 heavy (non-hydrogen) atoms. The zero-order valence-electron chi connectivity index (χ0n) is 18.1. The molecule has 1 saturated heterocycles. The monoisotopic (exact) mass is 415 g/mol. The number of ether oxygens (including phenoxy) is 1. The maximum Gasteiger partial charge on any atom is 0.236 e. The van der Waals surface area contributed by atoms with E-state index in [9.17, 15) is 9.18 Å². The van der Waals surface area contributed by atoms with Gasteiger partial charge in [0, 0.05) is 52.0 Å². The molecule has 3 rings (SSSR count). The normalized spacial score (nSPS) is 17.0. The largest absolute Gasteiger partial charge is 0.369 e. The van der Waals surface area contributed by atoms with Crippen LogP contribution in [0.2, 0.25) is 0 Å². The molecule has 8 heteroatoms. The average molecular weight is 416 g/mol. The molecule has 0 radical (unpaired) electrons. The highest BCUT2D eigenvalue weighted by Gasteiger charge is 2.28. The second kappa shape index (κ2) is 9.95. The van der Waals surface area contributed by atoms with Crippen LogP contribution in [0.4, 0.5) is 10.3 Å². The zero-order valence-corrected chi connectivity index (χ0v) is 18.1. The number of halogens is 1. The van der Waals surface area contributed by atoms with Gasteiger partial charge in [0.2, 0.25) is 11.9 Å². The SMILES string of the molecule is CCN(CC)C(=O)CN1CCO[C@H](c2nc(N(C)C)ncc2-c2cccc(F)c2)C1. The number of morpholine rings is 1. The molecule has 1 fully saturated rings. The molecule has 1 atom stereocenters. The van der Waals surface area contributed by atoms with Gasteiger partial charge >= 0.3 is 0 Å². The quantitative estimate of drug-likeness (QED) is 0.693. The van der Waals surface area contributed by atoms with Crippen molar-refractivity contribution in [2.75, 3.05) is 58.3 Å². The molecule has 0 bridgehead atoms. The van der Waals surface area contributed by atoms with Gasteiger partial charge in [-0.3, -0.25) is 9.69 Å². The van der Waals surface area contributed by atoms with Gasteiger partial charge in [-0.05, 0) is 31.5 Å². The summed E-state index contributed by atoms with van der Waals surface area (Å²) < 4.78 is 19.9. The zero-order chi connectivity index (χ0) is 21.7. The topological polar surface area (TPSA) is 61.8 Å². The van der Waals surface area contributed by atoms with Crippen molar-refractivity contribution in [3.05, 3.63) is 42.0 Å². The second-order valence-electron chi connectivity index (χ2n) is 7.53. The van der Waals surface area contributed by atoms with Gasteiger partial charge in [0.15, 0.2) is 0 Å². The minimum Gasteiger partial charge on any atom is -0.369 e. The third-order valence-electron chi connectivity index (χ3n) is 5.27. The van der Waals surface area contributed by atoms with Crippen LogP contribution in [0.5, 0.6) is 0 Å². The number of anilines is 1. The number of hydrogen-bond donors (Lipinski definition) is 0. The van der Waals surface area contributed by atoms with Gasteiger partial charge in [0.25, 0.3) is 0 Å². The third-order valence-corrected chi connectivity index (χ3v) is 5.27. The highest BCUT2D eigenvalue weighted by Crippen LogP contribution is 2.31. The molecule has 2 heterocycles. The van der Waals surface area contributed by atoms with Crippen LogP contribution in [0, 0.1) is 5.82 Å². The molecule has 0 N–H and O–H groups in total. The summed E-state index contributed by atoms with van der Waals surface area (Å²) in [4.78, 5) is 27.5. The molecular formula is C22H30FN5O2. The molecule has 0 aliphatic carbocycles. The van der Waals surface area contributed by atoms with E-state index in [0.717, 1.165) is 5.56 Å². The summed E-state index contributed by atoms with van der Waals surface area (Å²) in [5.41, 5.74) is 2.15. The van der Waals surface area contributed by atoms with Crippen molar-refractivity contribution >= 4 is 11.9 Å². The highest BCUT2D eigenvalue weighted by molar-refractivity contribution is 5.78. The Labute approximate surface area is 177 Å². The fourth-order valence-electron chi connectivity index (χ4n) is 3.60. The van der Waals surface area contributed by atoms with Gasteiger partial charge < -0.3 is 14.5 Å². The van der Waals surface area contributed by atoms with Crippen molar-refractivity contribution in [3.8, 4) is 11.1 Å². The van der Waals surface area contributed by atoms with Crippen molar-refractivity contribution in [1.82, 2.24) is 19.8 Å². The Hall–Kier alpha value is -2.58. The van der Waals surface area contributed by atoms with Crippen LogP contribution >= 0.6 is 0 Å². The maximum absolute atomic E-state index is 13.9. The van der Waals surface area contributed by atoms with Gasteiger partial charge in [-0.1, -0.05) is 12.1 Å². The van der Waals surface area contributed by atoms with E-state index in [0.29, 0.717) is 56.5 Å². The summed E-state index contributed by atoms with van der Waals surface area (Å²) in [6.45, 7) is 7.44. The van der Waals surface area contributed by atoms with Gasteiger partial charge in [-0.15, -0.1) is 0 Å². The van der Waals surface area contributed by atoms with E-state index in [1.54, 1.807) is 12.3 Å². The van der Waals surface area contributed by atoms with Crippen LogP contribution < -0.4 is 4.90 Å². The minimum atomic E-state index is -0.330. The number of carbonyl (C=O) groups is 1. The molecule has 2 aromatic rings. The van der Waals surface area contributed by atoms with E-state index in [4.69, 9.17) is 9.72 Å². The number of nitrogens with zero attached hydrogens (tertiary/aromatic N) is 5. The fraction of sp³-hybridized carbons (Fsp3) is 0.500. The molecular weight excluding hydrogens is 385 g/mol. The van der Waals surface area contributed by atoms with E-state index < -0.39 is 0 Å². The van der Waals surface area contributed by atoms with Crippen molar-refractivity contribution in [3.63, 3.8) is 0 Å². The number of amides is 1. The smallest absolute Gasteiger partial charge is 0.236 e. The predicted octanol–water partition coefficient (Wildman–Crippen LogP) is 2.59. The molecule has 7 nitrogen and oxygen atoms in total. The second-order valence-corrected chi connectivity index (χ2v) is 7.53. The molecule has 1 aromatic heterocycles. The molecule has 0 unspecified atom stereocenters. The van der Waals surface area contributed by atoms with Crippen LogP contribution in [0.25, 0.3) is 11.1 Å². The molecule has 1 aliphatic rings. The average Bonchev–Trinajstić information content (AvgIpc) is 2.74. The first-order valence-corrected chi connectivity index (χ1v) is 10.3. The molecule has 0 spiro atoms. The minimum absolute atomic E-state index is 0.114. The van der Waals surface area contributed by atoms with E-state index >= 15 is 0 Å². The molecule has 1 aliphatic heterocycles. The maximum atomic E-state index is 13.9. The summed E-state index contributed by atoms with van der Waals surface area (Å²) >= 11 is 0. The standard InChI is InChI=1S/C22H30FN5O2/c1-5-28(6-2)20(29)15-27-10-11-30-19(14-27)21-18(13-24-22(25-21)26(3)4)16-8-7-9-17(23)12-16/h7-9,12-13,19H,5-6,10-11,14-15H2,1-4H3/t19-/m0/s1. The number of aromatic nitrogens is 2. The lowest BCUT2D eigenvalue weighted by molar-refractivity contribution is -0.134. The van der Waals surface area contributed by atoms with Crippen LogP contribution in [-0.2, 0) is 9.53 Å². The first-order chi connectivity index (χ1) is 14.4. The first kappa shape index (κ1) is 22.1. The Morgan fingerprint density at radius 2 is 2.07 bits per heavy atom. The Kier molecular flexibility index (Phi) is 7.33. The lowest BCUT2D eigenvalue weighted by atomic mass is 10.0. The summed E-state index contributed by atoms with van der Waals surface area (Å²) in [6, 6.07) is 6.40. The Bertz CT molecular complexity index is 872. The lowest BCUT2D eigenvalue weighted by Crippen LogP contribution is -2.45. The third kappa shape index (κ3) is 5.12. The van der Waals surface area contributed by atoms with E-state index in [1.165, 1.54) is 12.1 Å². The van der Waals surface area contributed by atoms with Crippen LogP contribution in [0.15, 0.2) is 30.5 Å². The van der Waals surface area contributed by atoms with Crippen molar-refractivity contribution in [1.29, 1.82) is 0 Å². The van der Waals surface area contributed by atoms with Crippen molar-refractivity contribution in [2.24, 2.45) is 0 Å². The predicted molar refractivity (Wildman–Crippen MR) is 115 cm³/mol. The summed E-state index contributed by atoms with van der Waals surface area (Å²) in [7, 11) is 3.75. The summed E-state index contributed by atoms with van der Waals surface area (Å²) in [6.07, 6.45) is 1.39. The summed E-state index contributed by atoms with van der Waals surface area (Å²) in [5, 5.41) is 0. The number of rotatable bonds is 7. The Balaban J connectivity index is 1.89. The van der Waals surface area contributed by atoms with Gasteiger partial charge in [-0.2, -0.15) is 0 Å². The van der Waals surface area contributed by atoms with Gasteiger partial charge in [0.1, 0.15) is 11.9 Å². The number of carbonyl (C=O) groups excluding carboxylic acids is 1. The van der Waals surface area contributed by atoms with Crippen LogP contribution in [0.3, 0.4) is 0 Å². The first-order valence-electron chi connectivity index (χ1n) is 10.3. The van der Waals surface area contributed by atoms with Crippen LogP contribution in [0.1, 0.15) is 25.6 Å². The fourth-order valence-corrected chi connectivity index (χ4v) is 3.60. The summed E-state index contributed by atoms with van der Waals surface area (Å²) in [5.74, 6) is 0.360. The molecule has 1 aromatic carbocycles. The lowest BCUT2D eigenvalue weighted by Gasteiger charge is -2.34. The number of likely N-dealkylation sites (N-methyl/N-ethyl adjacent to an activating group) is 1. The van der Waals surface area contributed by atoms with Crippen molar-refractivity contribution < 1.29 is 13.9 Å². The van der Waals surface area contributed by atoms with E-state index in [1.807, 2.05) is 43.8 Å². The number of hydrogen-bond acceptors (Lipinski definition) is 6. The van der Waals surface area contributed by atoms with E-state index in [2.05, 4.69) is 9.88 Å². The Morgan fingerprint density at radius 3 is 2.73 bits per heavy atom. The molecule has 0 saturated carbocycles. The highest BCUT2D eigenvalue weighted by atomic mass is 19.1.